The van der Waals surface area contributed by atoms with Gasteiger partial charge in [-0.1, -0.05) is 164 Å². The number of hydrogen-bond acceptors (Lipinski definition) is 3. The maximum atomic E-state index is 6.06. The highest BCUT2D eigenvalue weighted by Gasteiger charge is 2.09. The smallest absolute Gasteiger partial charge is 0.144 e. The van der Waals surface area contributed by atoms with Crippen LogP contribution in [0.15, 0.2) is 66.7 Å². The van der Waals surface area contributed by atoms with Crippen LogP contribution in [-0.2, 0) is 0 Å². The van der Waals surface area contributed by atoms with E-state index in [1.807, 2.05) is 38.1 Å². The van der Waals surface area contributed by atoms with E-state index in [0.29, 0.717) is 5.75 Å². The van der Waals surface area contributed by atoms with Gasteiger partial charge in [-0.2, -0.15) is 0 Å². The molecule has 0 radical (unpaired) electrons. The first-order chi connectivity index (χ1) is 29.0. The third-order valence-electron chi connectivity index (χ3n) is 9.53. The fraction of sp³-hybridized carbons (Fsp3) is 0.429. The number of rotatable bonds is 24. The lowest BCUT2D eigenvalue weighted by molar-refractivity contribution is 0.303. The predicted octanol–water partition coefficient (Wildman–Crippen LogP) is 17.2. The second-order valence-electron chi connectivity index (χ2n) is 14.6. The number of benzene rings is 3. The summed E-state index contributed by atoms with van der Waals surface area (Å²) in [7, 11) is 0. The first-order valence-electron chi connectivity index (χ1n) is 22.0. The van der Waals surface area contributed by atoms with Crippen molar-refractivity contribution in [1.82, 2.24) is 0 Å². The molecule has 0 aliphatic heterocycles. The molecule has 3 aromatic carbocycles. The van der Waals surface area contributed by atoms with E-state index in [-0.39, 0.29) is 14.3 Å². The molecule has 3 aromatic rings. The lowest BCUT2D eigenvalue weighted by Crippen LogP contribution is -2.00. The molecule has 59 heavy (non-hydrogen) atoms. The Morgan fingerprint density at radius 2 is 1.12 bits per heavy atom. The molecular weight excluding hydrogens is 721 g/mol. The van der Waals surface area contributed by atoms with Crippen molar-refractivity contribution in [2.45, 2.75) is 144 Å². The molecule has 0 N–H and O–H groups in total. The van der Waals surface area contributed by atoms with Crippen molar-refractivity contribution in [2.24, 2.45) is 0 Å². The first-order valence-corrected chi connectivity index (χ1v) is 22.0. The SMILES string of the molecule is C#CC#CC#CC#CC#COc1cc(/C=C/C)c(OCCCCCCCCCC)cc1C.C/C=C/c1ccc(C)cc1-c1cccc(OCCCCCCCCCC)c1.[HH].[HH].[HH].[HH].[HH].[HH].[HH].[HH].[HH].[HH]. The molecular formula is C56H88O3. The van der Waals surface area contributed by atoms with E-state index in [4.69, 9.17) is 20.6 Å². The van der Waals surface area contributed by atoms with E-state index < -0.39 is 0 Å². The summed E-state index contributed by atoms with van der Waals surface area (Å²) in [5, 5.41) is 0. The fourth-order valence-corrected chi connectivity index (χ4v) is 6.36. The molecule has 330 valence electrons. The molecule has 0 aliphatic carbocycles. The number of terminal acetylenes is 1. The Labute approximate surface area is 374 Å². The fourth-order valence-electron chi connectivity index (χ4n) is 6.36. The zero-order valence-electron chi connectivity index (χ0n) is 37.0. The highest BCUT2D eigenvalue weighted by atomic mass is 16.5. The van der Waals surface area contributed by atoms with Crippen molar-refractivity contribution in [1.29, 1.82) is 0 Å². The molecule has 0 aromatic heterocycles. The Bertz CT molecular complexity index is 2050. The molecule has 0 atom stereocenters. The normalized spacial score (nSPS) is 10.1. The van der Waals surface area contributed by atoms with Gasteiger partial charge in [-0.15, -0.1) is 6.42 Å². The molecule has 0 heterocycles. The van der Waals surface area contributed by atoms with Crippen LogP contribution in [0.3, 0.4) is 0 Å². The predicted molar refractivity (Wildman–Crippen MR) is 275 cm³/mol. The third kappa shape index (κ3) is 22.8. The van der Waals surface area contributed by atoms with E-state index in [1.165, 1.54) is 112 Å². The van der Waals surface area contributed by atoms with Gasteiger partial charge in [0.15, 0.2) is 0 Å². The number of hydrogen-bond donors (Lipinski definition) is 0. The van der Waals surface area contributed by atoms with Gasteiger partial charge in [0.2, 0.25) is 0 Å². The summed E-state index contributed by atoms with van der Waals surface area (Å²) in [6.45, 7) is 14.2. The summed E-state index contributed by atoms with van der Waals surface area (Å²) < 4.78 is 17.7. The standard InChI is InChI=1S/C30H32O2.C26H36O.10H2/c1-5-8-10-12-14-16-18-20-23-31-29-26-28(22-7-3)30(25-27(29)4)32-24-21-19-17-15-13-11-9-6-2;1-4-6-7-8-9-10-11-12-19-27-25-16-13-15-24(21-25)26-20-22(3)17-18-23(26)14-5-2;;;;;;;;;;/h1,7,22,25-26H,6,9,11,13,15,17,19,21,24H2,2-4H3;5,13-18,20-21H,4,6-12,19H2,1-3H3;10*1H/b22-7+;14-5+;;;;;;;;;;. The highest BCUT2D eigenvalue weighted by Crippen LogP contribution is 2.31. The zero-order valence-corrected chi connectivity index (χ0v) is 37.0. The lowest BCUT2D eigenvalue weighted by Gasteiger charge is -2.12. The molecule has 0 bridgehead atoms. The zero-order chi connectivity index (χ0) is 42.6. The van der Waals surface area contributed by atoms with Crippen LogP contribution in [0.5, 0.6) is 17.2 Å². The maximum Gasteiger partial charge on any atom is 0.144 e. The largest absolute Gasteiger partial charge is 0.494 e. The second-order valence-corrected chi connectivity index (χ2v) is 14.6. The van der Waals surface area contributed by atoms with Crippen LogP contribution in [0.4, 0.5) is 0 Å². The van der Waals surface area contributed by atoms with Gasteiger partial charge in [0.25, 0.3) is 0 Å². The van der Waals surface area contributed by atoms with E-state index in [2.05, 4.69) is 136 Å². The summed E-state index contributed by atoms with van der Waals surface area (Å²) in [4.78, 5) is 0. The average Bonchev–Trinajstić information content (AvgIpc) is 3.24. The molecule has 0 aliphatic rings. The van der Waals surface area contributed by atoms with Crippen molar-refractivity contribution in [2.75, 3.05) is 13.2 Å². The summed E-state index contributed by atoms with van der Waals surface area (Å²) >= 11 is 0. The van der Waals surface area contributed by atoms with Gasteiger partial charge in [0.05, 0.1) is 13.2 Å². The quantitative estimate of drug-likeness (QED) is 0.0666. The van der Waals surface area contributed by atoms with Crippen molar-refractivity contribution in [3.05, 3.63) is 89.0 Å². The van der Waals surface area contributed by atoms with Gasteiger partial charge in [-0.3, -0.25) is 0 Å². The summed E-state index contributed by atoms with van der Waals surface area (Å²) in [6.07, 6.45) is 36.7. The van der Waals surface area contributed by atoms with Gasteiger partial charge < -0.3 is 14.2 Å². The van der Waals surface area contributed by atoms with Crippen LogP contribution in [0.2, 0.25) is 0 Å². The number of unbranched alkanes of at least 4 members (excludes halogenated alkanes) is 14. The summed E-state index contributed by atoms with van der Waals surface area (Å²) in [5.74, 6) is 22.4. The topological polar surface area (TPSA) is 27.7 Å². The molecule has 3 rings (SSSR count). The van der Waals surface area contributed by atoms with Crippen molar-refractivity contribution in [3.8, 4) is 88.3 Å². The Balaban J connectivity index is -0.000000131. The number of ether oxygens (including phenoxy) is 3. The Hall–Kier alpha value is -5.66. The summed E-state index contributed by atoms with van der Waals surface area (Å²) in [5.41, 5.74) is 6.95. The molecule has 0 amide bonds. The van der Waals surface area contributed by atoms with Crippen LogP contribution in [-0.4, -0.2) is 13.2 Å². The van der Waals surface area contributed by atoms with Gasteiger partial charge >= 0.3 is 0 Å². The van der Waals surface area contributed by atoms with E-state index >= 15 is 0 Å². The third-order valence-corrected chi connectivity index (χ3v) is 9.53. The van der Waals surface area contributed by atoms with E-state index in [1.54, 1.807) is 0 Å². The monoisotopic (exact) mass is 809 g/mol. The minimum Gasteiger partial charge on any atom is -0.494 e. The molecule has 0 saturated heterocycles. The highest BCUT2D eigenvalue weighted by molar-refractivity contribution is 5.76. The Kier molecular flexibility index (Phi) is 28.0. The van der Waals surface area contributed by atoms with Crippen molar-refractivity contribution >= 4 is 12.2 Å². The van der Waals surface area contributed by atoms with E-state index in [0.717, 1.165) is 48.7 Å². The molecule has 0 spiro atoms. The molecule has 3 heteroatoms. The van der Waals surface area contributed by atoms with Crippen molar-refractivity contribution < 1.29 is 28.5 Å². The minimum absolute atomic E-state index is 0. The van der Waals surface area contributed by atoms with Gasteiger partial charge in [0, 0.05) is 43.5 Å². The maximum absolute atomic E-state index is 6.06. The second kappa shape index (κ2) is 33.3. The Morgan fingerprint density at radius 3 is 1.73 bits per heavy atom. The first kappa shape index (κ1) is 49.5. The van der Waals surface area contributed by atoms with Gasteiger partial charge in [-0.05, 0) is 111 Å². The van der Waals surface area contributed by atoms with Crippen LogP contribution in [0, 0.1) is 73.7 Å². The summed E-state index contributed by atoms with van der Waals surface area (Å²) in [6, 6.07) is 19.1. The van der Waals surface area contributed by atoms with Crippen LogP contribution < -0.4 is 14.2 Å². The van der Waals surface area contributed by atoms with Crippen LogP contribution in [0.1, 0.15) is 167 Å². The Morgan fingerprint density at radius 1 is 0.559 bits per heavy atom. The van der Waals surface area contributed by atoms with Crippen molar-refractivity contribution in [3.63, 3.8) is 0 Å². The molecule has 3 nitrogen and oxygen atoms in total. The van der Waals surface area contributed by atoms with E-state index in [9.17, 15) is 0 Å². The lowest BCUT2D eigenvalue weighted by atomic mass is 9.97. The van der Waals surface area contributed by atoms with Gasteiger partial charge in [0.1, 0.15) is 23.4 Å². The van der Waals surface area contributed by atoms with Crippen LogP contribution >= 0.6 is 0 Å². The minimum atomic E-state index is 0. The van der Waals surface area contributed by atoms with Crippen LogP contribution in [0.25, 0.3) is 23.3 Å². The average molecular weight is 809 g/mol. The van der Waals surface area contributed by atoms with Gasteiger partial charge in [-0.25, -0.2) is 0 Å². The number of aryl methyl sites for hydroxylation is 2. The molecule has 0 fully saturated rings. The number of allylic oxidation sites excluding steroid dienone is 2. The molecule has 0 saturated carbocycles. The molecule has 0 unspecified atom stereocenters.